The highest BCUT2D eigenvalue weighted by molar-refractivity contribution is 5.95. The fourth-order valence-corrected chi connectivity index (χ4v) is 2.82. The SMILES string of the molecule is Cc1cc(N2CCCC(C)(C)CC2)cc(C(=O)O)c1N. The average Bonchev–Trinajstić information content (AvgIpc) is 2.53. The quantitative estimate of drug-likeness (QED) is 0.813. The largest absolute Gasteiger partial charge is 0.478 e. The Balaban J connectivity index is 2.31. The van der Waals surface area contributed by atoms with E-state index in [2.05, 4.69) is 18.7 Å². The molecule has 0 aromatic heterocycles. The van der Waals surface area contributed by atoms with Gasteiger partial charge in [0.25, 0.3) is 0 Å². The number of hydrogen-bond donors (Lipinski definition) is 2. The number of rotatable bonds is 2. The summed E-state index contributed by atoms with van der Waals surface area (Å²) in [6.07, 6.45) is 3.47. The first-order valence-electron chi connectivity index (χ1n) is 7.18. The van der Waals surface area contributed by atoms with Crippen molar-refractivity contribution in [3.05, 3.63) is 23.3 Å². The highest BCUT2D eigenvalue weighted by atomic mass is 16.4. The minimum atomic E-state index is -0.956. The predicted molar refractivity (Wildman–Crippen MR) is 82.4 cm³/mol. The van der Waals surface area contributed by atoms with E-state index in [1.165, 1.54) is 6.42 Å². The van der Waals surface area contributed by atoms with Crippen molar-refractivity contribution in [1.82, 2.24) is 0 Å². The maximum absolute atomic E-state index is 11.3. The molecule has 0 aliphatic carbocycles. The summed E-state index contributed by atoms with van der Waals surface area (Å²) >= 11 is 0. The van der Waals surface area contributed by atoms with E-state index in [1.54, 1.807) is 6.07 Å². The molecular formula is C16H24N2O2. The van der Waals surface area contributed by atoms with Gasteiger partial charge in [-0.05, 0) is 49.3 Å². The van der Waals surface area contributed by atoms with Gasteiger partial charge in [-0.2, -0.15) is 0 Å². The van der Waals surface area contributed by atoms with E-state index < -0.39 is 5.97 Å². The summed E-state index contributed by atoms with van der Waals surface area (Å²) in [5.74, 6) is -0.956. The summed E-state index contributed by atoms with van der Waals surface area (Å²) < 4.78 is 0. The Morgan fingerprint density at radius 1 is 1.30 bits per heavy atom. The van der Waals surface area contributed by atoms with E-state index in [-0.39, 0.29) is 5.56 Å². The molecule has 0 saturated carbocycles. The number of carboxylic acids is 1. The Morgan fingerprint density at radius 3 is 2.65 bits per heavy atom. The minimum Gasteiger partial charge on any atom is -0.478 e. The number of carboxylic acid groups (broad SMARTS) is 1. The highest BCUT2D eigenvalue weighted by Crippen LogP contribution is 2.33. The van der Waals surface area contributed by atoms with Crippen LogP contribution in [0.4, 0.5) is 11.4 Å². The second-order valence-electron chi connectivity index (χ2n) is 6.53. The van der Waals surface area contributed by atoms with Gasteiger partial charge in [0, 0.05) is 24.5 Å². The van der Waals surface area contributed by atoms with Gasteiger partial charge in [0.2, 0.25) is 0 Å². The predicted octanol–water partition coefficient (Wildman–Crippen LogP) is 3.29. The van der Waals surface area contributed by atoms with Gasteiger partial charge in [-0.25, -0.2) is 4.79 Å². The standard InChI is InChI=1S/C16H24N2O2/c1-11-9-12(10-13(14(11)17)15(19)20)18-7-4-5-16(2,3)6-8-18/h9-10H,4-8,17H2,1-3H3,(H,19,20). The smallest absolute Gasteiger partial charge is 0.337 e. The first-order chi connectivity index (χ1) is 9.30. The molecule has 1 saturated heterocycles. The first-order valence-corrected chi connectivity index (χ1v) is 7.18. The van der Waals surface area contributed by atoms with Crippen molar-refractivity contribution in [2.24, 2.45) is 5.41 Å². The number of carbonyl (C=O) groups is 1. The third-order valence-corrected chi connectivity index (χ3v) is 4.31. The monoisotopic (exact) mass is 276 g/mol. The van der Waals surface area contributed by atoms with Crippen LogP contribution in [0.1, 0.15) is 49.0 Å². The van der Waals surface area contributed by atoms with E-state index in [9.17, 15) is 9.90 Å². The molecule has 3 N–H and O–H groups in total. The van der Waals surface area contributed by atoms with Crippen molar-refractivity contribution in [1.29, 1.82) is 0 Å². The molecule has 4 nitrogen and oxygen atoms in total. The summed E-state index contributed by atoms with van der Waals surface area (Å²) in [7, 11) is 0. The van der Waals surface area contributed by atoms with Crippen LogP contribution in [0.15, 0.2) is 12.1 Å². The summed E-state index contributed by atoms with van der Waals surface area (Å²) in [4.78, 5) is 13.6. The lowest BCUT2D eigenvalue weighted by Crippen LogP contribution is -2.25. The van der Waals surface area contributed by atoms with Crippen LogP contribution in [0.25, 0.3) is 0 Å². The summed E-state index contributed by atoms with van der Waals surface area (Å²) in [5, 5.41) is 9.25. The van der Waals surface area contributed by atoms with Gasteiger partial charge in [-0.1, -0.05) is 13.8 Å². The van der Waals surface area contributed by atoms with Crippen molar-refractivity contribution in [3.63, 3.8) is 0 Å². The molecule has 20 heavy (non-hydrogen) atoms. The highest BCUT2D eigenvalue weighted by Gasteiger charge is 2.24. The average molecular weight is 276 g/mol. The molecule has 0 amide bonds. The number of nitrogen functional groups attached to an aromatic ring is 1. The van der Waals surface area contributed by atoms with Crippen molar-refractivity contribution < 1.29 is 9.90 Å². The zero-order valence-corrected chi connectivity index (χ0v) is 12.6. The molecule has 1 heterocycles. The summed E-state index contributed by atoms with van der Waals surface area (Å²) in [6.45, 7) is 8.41. The molecular weight excluding hydrogens is 252 g/mol. The van der Waals surface area contributed by atoms with Crippen LogP contribution < -0.4 is 10.6 Å². The van der Waals surface area contributed by atoms with Crippen LogP contribution in [-0.4, -0.2) is 24.2 Å². The minimum absolute atomic E-state index is 0.212. The third kappa shape index (κ3) is 3.06. The van der Waals surface area contributed by atoms with E-state index in [4.69, 9.17) is 5.73 Å². The number of aromatic carboxylic acids is 1. The molecule has 2 rings (SSSR count). The van der Waals surface area contributed by atoms with Crippen molar-refractivity contribution in [2.75, 3.05) is 23.7 Å². The van der Waals surface area contributed by atoms with Gasteiger partial charge in [-0.3, -0.25) is 0 Å². The van der Waals surface area contributed by atoms with E-state index >= 15 is 0 Å². The fraction of sp³-hybridized carbons (Fsp3) is 0.562. The molecule has 0 spiro atoms. The normalized spacial score (nSPS) is 18.6. The van der Waals surface area contributed by atoms with Crippen molar-refractivity contribution in [2.45, 2.75) is 40.0 Å². The van der Waals surface area contributed by atoms with Gasteiger partial charge in [0.1, 0.15) is 0 Å². The Labute approximate surface area is 120 Å². The van der Waals surface area contributed by atoms with Gasteiger partial charge < -0.3 is 15.7 Å². The van der Waals surface area contributed by atoms with Crippen LogP contribution in [0.3, 0.4) is 0 Å². The topological polar surface area (TPSA) is 66.6 Å². The second kappa shape index (κ2) is 5.35. The lowest BCUT2D eigenvalue weighted by atomic mass is 9.85. The molecule has 0 unspecified atom stereocenters. The number of hydrogen-bond acceptors (Lipinski definition) is 3. The summed E-state index contributed by atoms with van der Waals surface area (Å²) in [5.41, 5.74) is 8.62. The van der Waals surface area contributed by atoms with Gasteiger partial charge >= 0.3 is 5.97 Å². The van der Waals surface area contributed by atoms with Crippen LogP contribution in [0, 0.1) is 12.3 Å². The van der Waals surface area contributed by atoms with Crippen LogP contribution in [0.5, 0.6) is 0 Å². The molecule has 1 fully saturated rings. The molecule has 1 aromatic carbocycles. The molecule has 1 aromatic rings. The van der Waals surface area contributed by atoms with Crippen molar-refractivity contribution >= 4 is 17.3 Å². The zero-order valence-electron chi connectivity index (χ0n) is 12.6. The zero-order chi connectivity index (χ0) is 14.9. The Kier molecular flexibility index (Phi) is 3.93. The van der Waals surface area contributed by atoms with Gasteiger partial charge in [0.15, 0.2) is 0 Å². The van der Waals surface area contributed by atoms with Gasteiger partial charge in [-0.15, -0.1) is 0 Å². The lowest BCUT2D eigenvalue weighted by molar-refractivity contribution is 0.0698. The summed E-state index contributed by atoms with van der Waals surface area (Å²) in [6, 6.07) is 3.71. The molecule has 4 heteroatoms. The van der Waals surface area contributed by atoms with E-state index in [0.717, 1.165) is 37.2 Å². The number of benzene rings is 1. The Bertz CT molecular complexity index is 523. The molecule has 0 radical (unpaired) electrons. The third-order valence-electron chi connectivity index (χ3n) is 4.31. The lowest BCUT2D eigenvalue weighted by Gasteiger charge is -2.26. The molecule has 1 aliphatic rings. The number of nitrogens with zero attached hydrogens (tertiary/aromatic N) is 1. The van der Waals surface area contributed by atoms with Crippen LogP contribution in [-0.2, 0) is 0 Å². The van der Waals surface area contributed by atoms with E-state index in [1.807, 2.05) is 13.0 Å². The maximum Gasteiger partial charge on any atom is 0.337 e. The number of anilines is 2. The van der Waals surface area contributed by atoms with Crippen LogP contribution in [0.2, 0.25) is 0 Å². The molecule has 0 bridgehead atoms. The second-order valence-corrected chi connectivity index (χ2v) is 6.53. The van der Waals surface area contributed by atoms with Crippen molar-refractivity contribution in [3.8, 4) is 0 Å². The number of nitrogens with two attached hydrogens (primary N) is 1. The number of aryl methyl sites for hydroxylation is 1. The molecule has 110 valence electrons. The first kappa shape index (κ1) is 14.7. The molecule has 0 atom stereocenters. The molecule has 1 aliphatic heterocycles. The maximum atomic E-state index is 11.3. The Hall–Kier alpha value is -1.71. The van der Waals surface area contributed by atoms with E-state index in [0.29, 0.717) is 11.1 Å². The fourth-order valence-electron chi connectivity index (χ4n) is 2.82. The van der Waals surface area contributed by atoms with Crippen LogP contribution >= 0.6 is 0 Å². The Morgan fingerprint density at radius 2 is 2.00 bits per heavy atom. The van der Waals surface area contributed by atoms with Gasteiger partial charge in [0.05, 0.1) is 5.56 Å².